The second kappa shape index (κ2) is 2.11. The van der Waals surface area contributed by atoms with Gasteiger partial charge in [-0.2, -0.15) is 0 Å². The number of rotatable bonds is 1. The van der Waals surface area contributed by atoms with E-state index >= 15 is 0 Å². The summed E-state index contributed by atoms with van der Waals surface area (Å²) in [6.45, 7) is 0. The molecule has 0 aliphatic carbocycles. The van der Waals surface area contributed by atoms with Gasteiger partial charge in [-0.15, -0.1) is 10.2 Å². The van der Waals surface area contributed by atoms with Crippen molar-refractivity contribution in [3.05, 3.63) is 18.9 Å². The fraction of sp³-hybridized carbons (Fsp3) is 0. The van der Waals surface area contributed by atoms with E-state index in [4.69, 9.17) is 5.11 Å². The van der Waals surface area contributed by atoms with Crippen LogP contribution in [0.3, 0.4) is 0 Å². The first-order valence-corrected chi connectivity index (χ1v) is 2.08. The summed E-state index contributed by atoms with van der Waals surface area (Å²) in [7, 11) is 0. The summed E-state index contributed by atoms with van der Waals surface area (Å²) in [5.41, 5.74) is 0. The number of hydrogen-bond acceptors (Lipinski definition) is 3. The van der Waals surface area contributed by atoms with Gasteiger partial charge < -0.3 is 5.11 Å². The smallest absolute Gasteiger partial charge is 0.123 e. The molecule has 42 valence electrons. The third kappa shape index (κ3) is 0.841. The van der Waals surface area contributed by atoms with Crippen molar-refractivity contribution in [2.45, 2.75) is 0 Å². The van der Waals surface area contributed by atoms with E-state index in [1.807, 2.05) is 0 Å². The molecular weight excluding hydrogens is 106 g/mol. The summed E-state index contributed by atoms with van der Waals surface area (Å²) >= 11 is 0. The summed E-state index contributed by atoms with van der Waals surface area (Å²) in [5.74, 6) is 0. The lowest BCUT2D eigenvalue weighted by molar-refractivity contribution is 0.476. The Morgan fingerprint density at radius 2 is 2.00 bits per heavy atom. The Hall–Kier alpha value is -1.32. The van der Waals surface area contributed by atoms with E-state index in [-0.39, 0.29) is 0 Å². The molecule has 1 rings (SSSR count). The minimum absolute atomic E-state index is 0.920. The molecule has 0 saturated carbocycles. The van der Waals surface area contributed by atoms with Gasteiger partial charge in [-0.25, -0.2) is 0 Å². The highest BCUT2D eigenvalue weighted by molar-refractivity contribution is 5.15. The molecule has 4 nitrogen and oxygen atoms in total. The van der Waals surface area contributed by atoms with E-state index in [1.165, 1.54) is 23.4 Å². The molecule has 0 saturated heterocycles. The molecule has 8 heavy (non-hydrogen) atoms. The van der Waals surface area contributed by atoms with Gasteiger partial charge in [0, 0.05) is 6.20 Å². The quantitative estimate of drug-likeness (QED) is 0.529. The largest absolute Gasteiger partial charge is 0.514 e. The highest BCUT2D eigenvalue weighted by Crippen LogP contribution is 1.79. The maximum absolute atomic E-state index is 8.18. The standard InChI is InChI=1S/C4H5N3O/c8-2-1-7-3-5-6-4-7/h1-4,8H. The third-order valence-corrected chi connectivity index (χ3v) is 0.675. The van der Waals surface area contributed by atoms with Gasteiger partial charge in [0.05, 0.1) is 6.26 Å². The van der Waals surface area contributed by atoms with Gasteiger partial charge >= 0.3 is 0 Å². The van der Waals surface area contributed by atoms with Gasteiger partial charge in [0.2, 0.25) is 0 Å². The number of aliphatic hydroxyl groups is 1. The predicted octanol–water partition coefficient (Wildman–Crippen LogP) is 0.264. The van der Waals surface area contributed by atoms with Crippen molar-refractivity contribution in [3.63, 3.8) is 0 Å². The highest BCUT2D eigenvalue weighted by atomic mass is 16.2. The molecule has 0 aliphatic heterocycles. The summed E-state index contributed by atoms with van der Waals surface area (Å²) in [6.07, 6.45) is 5.31. The summed E-state index contributed by atoms with van der Waals surface area (Å²) in [6, 6.07) is 0. The minimum Gasteiger partial charge on any atom is -0.514 e. The van der Waals surface area contributed by atoms with Gasteiger partial charge in [0.15, 0.2) is 0 Å². The normalized spacial score (nSPS) is 10.5. The molecule has 0 aromatic carbocycles. The van der Waals surface area contributed by atoms with Crippen molar-refractivity contribution in [1.29, 1.82) is 0 Å². The SMILES string of the molecule is OC=Cn1cnnc1. The first-order chi connectivity index (χ1) is 3.93. The van der Waals surface area contributed by atoms with Crippen LogP contribution in [-0.4, -0.2) is 19.9 Å². The van der Waals surface area contributed by atoms with Gasteiger partial charge in [0.25, 0.3) is 0 Å². The first-order valence-electron chi connectivity index (χ1n) is 2.08. The van der Waals surface area contributed by atoms with Crippen LogP contribution < -0.4 is 0 Å². The molecule has 0 unspecified atom stereocenters. The van der Waals surface area contributed by atoms with E-state index in [9.17, 15) is 0 Å². The Kier molecular flexibility index (Phi) is 1.27. The minimum atomic E-state index is 0.920. The molecule has 1 aromatic heterocycles. The van der Waals surface area contributed by atoms with Crippen LogP contribution in [0.2, 0.25) is 0 Å². The van der Waals surface area contributed by atoms with Crippen molar-refractivity contribution in [3.8, 4) is 0 Å². The molecule has 4 heteroatoms. The molecule has 0 fully saturated rings. The van der Waals surface area contributed by atoms with Crippen molar-refractivity contribution >= 4 is 6.20 Å². The van der Waals surface area contributed by atoms with Crippen molar-refractivity contribution in [1.82, 2.24) is 14.8 Å². The predicted molar refractivity (Wildman–Crippen MR) is 28.0 cm³/mol. The lowest BCUT2D eigenvalue weighted by Crippen LogP contribution is -1.76. The fourth-order valence-corrected chi connectivity index (χ4v) is 0.363. The zero-order valence-corrected chi connectivity index (χ0v) is 4.10. The lowest BCUT2D eigenvalue weighted by Gasteiger charge is -1.80. The average molecular weight is 111 g/mol. The van der Waals surface area contributed by atoms with Crippen LogP contribution in [0.25, 0.3) is 6.20 Å². The van der Waals surface area contributed by atoms with Crippen LogP contribution in [0.4, 0.5) is 0 Å². The Labute approximate surface area is 46.1 Å². The van der Waals surface area contributed by atoms with Crippen LogP contribution in [-0.2, 0) is 0 Å². The molecule has 0 aliphatic rings. The number of aliphatic hydroxyl groups excluding tert-OH is 1. The van der Waals surface area contributed by atoms with E-state index < -0.39 is 0 Å². The molecule has 0 radical (unpaired) electrons. The molecule has 1 heterocycles. The Bertz CT molecular complexity index is 167. The molecule has 0 atom stereocenters. The molecule has 1 N–H and O–H groups in total. The van der Waals surface area contributed by atoms with E-state index in [0.717, 1.165) is 6.26 Å². The van der Waals surface area contributed by atoms with Crippen molar-refractivity contribution in [2.75, 3.05) is 0 Å². The van der Waals surface area contributed by atoms with Crippen LogP contribution in [0.1, 0.15) is 0 Å². The highest BCUT2D eigenvalue weighted by Gasteiger charge is 1.77. The molecule has 0 spiro atoms. The van der Waals surface area contributed by atoms with Crippen LogP contribution >= 0.6 is 0 Å². The second-order valence-electron chi connectivity index (χ2n) is 1.21. The fourth-order valence-electron chi connectivity index (χ4n) is 0.363. The Morgan fingerprint density at radius 1 is 1.38 bits per heavy atom. The topological polar surface area (TPSA) is 50.9 Å². The van der Waals surface area contributed by atoms with Crippen LogP contribution in [0.15, 0.2) is 18.9 Å². The van der Waals surface area contributed by atoms with Gasteiger partial charge in [-0.1, -0.05) is 0 Å². The summed E-state index contributed by atoms with van der Waals surface area (Å²) < 4.78 is 1.53. The first kappa shape index (κ1) is 4.83. The second-order valence-corrected chi connectivity index (χ2v) is 1.21. The van der Waals surface area contributed by atoms with Crippen LogP contribution in [0.5, 0.6) is 0 Å². The zero-order chi connectivity index (χ0) is 5.82. The lowest BCUT2D eigenvalue weighted by atomic mass is 10.9. The average Bonchev–Trinajstić information content (AvgIpc) is 2.19. The van der Waals surface area contributed by atoms with Crippen molar-refractivity contribution < 1.29 is 5.11 Å². The number of nitrogens with zero attached hydrogens (tertiary/aromatic N) is 3. The van der Waals surface area contributed by atoms with E-state index in [2.05, 4.69) is 10.2 Å². The van der Waals surface area contributed by atoms with Crippen molar-refractivity contribution in [2.24, 2.45) is 0 Å². The Morgan fingerprint density at radius 3 is 2.50 bits per heavy atom. The van der Waals surface area contributed by atoms with E-state index in [1.54, 1.807) is 0 Å². The molecular formula is C4H5N3O. The third-order valence-electron chi connectivity index (χ3n) is 0.675. The molecule has 0 bridgehead atoms. The van der Waals surface area contributed by atoms with Gasteiger partial charge in [-0.05, 0) is 0 Å². The van der Waals surface area contributed by atoms with E-state index in [0.29, 0.717) is 0 Å². The monoisotopic (exact) mass is 111 g/mol. The summed E-state index contributed by atoms with van der Waals surface area (Å²) in [5, 5.41) is 15.2. The van der Waals surface area contributed by atoms with Crippen LogP contribution in [0, 0.1) is 0 Å². The number of aromatic nitrogens is 3. The Balaban J connectivity index is 2.77. The molecule has 0 amide bonds. The van der Waals surface area contributed by atoms with Gasteiger partial charge in [0.1, 0.15) is 12.7 Å². The molecule has 1 aromatic rings. The maximum atomic E-state index is 8.18. The zero-order valence-electron chi connectivity index (χ0n) is 4.10. The van der Waals surface area contributed by atoms with Gasteiger partial charge in [-0.3, -0.25) is 4.57 Å². The maximum Gasteiger partial charge on any atom is 0.123 e. The summed E-state index contributed by atoms with van der Waals surface area (Å²) in [4.78, 5) is 0. The number of hydrogen-bond donors (Lipinski definition) is 1.